The first-order valence-electron chi connectivity index (χ1n) is 5.86. The van der Waals surface area contributed by atoms with Crippen molar-refractivity contribution in [3.05, 3.63) is 28.2 Å². The molecular formula is C13H17BrF2N2O. The van der Waals surface area contributed by atoms with Gasteiger partial charge in [0.1, 0.15) is 0 Å². The topological polar surface area (TPSA) is 59.1 Å². The van der Waals surface area contributed by atoms with Crippen molar-refractivity contribution in [2.24, 2.45) is 11.1 Å². The second-order valence-electron chi connectivity index (χ2n) is 4.95. The fourth-order valence-corrected chi connectivity index (χ4v) is 1.88. The first-order valence-corrected chi connectivity index (χ1v) is 6.65. The van der Waals surface area contributed by atoms with E-state index >= 15 is 0 Å². The van der Waals surface area contributed by atoms with E-state index in [-0.39, 0.29) is 18.2 Å². The zero-order valence-electron chi connectivity index (χ0n) is 10.9. The van der Waals surface area contributed by atoms with Crippen LogP contribution in [0.1, 0.15) is 26.7 Å². The second kappa shape index (κ2) is 6.32. The maximum Gasteiger partial charge on any atom is 0.200 e. The molecule has 0 heterocycles. The summed E-state index contributed by atoms with van der Waals surface area (Å²) in [4.78, 5) is 0. The second-order valence-corrected chi connectivity index (χ2v) is 5.86. The number of halogens is 3. The first-order chi connectivity index (χ1) is 8.74. The molecule has 19 heavy (non-hydrogen) atoms. The van der Waals surface area contributed by atoms with Gasteiger partial charge in [0.2, 0.25) is 5.82 Å². The number of rotatable bonds is 6. The third-order valence-electron chi connectivity index (χ3n) is 2.89. The Morgan fingerprint density at radius 1 is 1.42 bits per heavy atom. The van der Waals surface area contributed by atoms with Crippen LogP contribution in [0.4, 0.5) is 8.78 Å². The normalized spacial score (nSPS) is 11.4. The number of ether oxygens (including phenoxy) is 1. The van der Waals surface area contributed by atoms with Crippen molar-refractivity contribution in [2.75, 3.05) is 6.61 Å². The highest BCUT2D eigenvalue weighted by Crippen LogP contribution is 2.26. The monoisotopic (exact) mass is 334 g/mol. The molecule has 1 aromatic carbocycles. The van der Waals surface area contributed by atoms with E-state index in [4.69, 9.17) is 15.9 Å². The fraction of sp³-hybridized carbons (Fsp3) is 0.462. The summed E-state index contributed by atoms with van der Waals surface area (Å²) in [6.07, 6.45) is 1.24. The molecule has 3 nitrogen and oxygen atoms in total. The van der Waals surface area contributed by atoms with E-state index in [2.05, 4.69) is 15.9 Å². The summed E-state index contributed by atoms with van der Waals surface area (Å²) in [5, 5.41) is 7.41. The van der Waals surface area contributed by atoms with Crippen molar-refractivity contribution in [1.29, 1.82) is 5.41 Å². The van der Waals surface area contributed by atoms with E-state index in [1.54, 1.807) is 0 Å². The Bertz CT molecular complexity index is 478. The van der Waals surface area contributed by atoms with E-state index in [1.807, 2.05) is 13.8 Å². The lowest BCUT2D eigenvalue weighted by Gasteiger charge is -2.22. The minimum absolute atomic E-state index is 0.104. The zero-order chi connectivity index (χ0) is 14.6. The van der Waals surface area contributed by atoms with Gasteiger partial charge in [0.25, 0.3) is 0 Å². The van der Waals surface area contributed by atoms with E-state index in [1.165, 1.54) is 6.07 Å². The molecule has 0 aliphatic rings. The van der Waals surface area contributed by atoms with Gasteiger partial charge < -0.3 is 10.5 Å². The molecule has 0 spiro atoms. The van der Waals surface area contributed by atoms with Gasteiger partial charge in [0, 0.05) is 9.89 Å². The summed E-state index contributed by atoms with van der Waals surface area (Å²) < 4.78 is 32.1. The number of amidine groups is 1. The number of nitrogens with one attached hydrogen (secondary N) is 1. The third-order valence-corrected chi connectivity index (χ3v) is 3.35. The van der Waals surface area contributed by atoms with Crippen LogP contribution in [0.25, 0.3) is 0 Å². The molecule has 0 aromatic heterocycles. The molecule has 0 saturated carbocycles. The van der Waals surface area contributed by atoms with Crippen LogP contribution < -0.4 is 10.5 Å². The van der Waals surface area contributed by atoms with Crippen LogP contribution in [0, 0.1) is 22.5 Å². The van der Waals surface area contributed by atoms with E-state index < -0.39 is 17.0 Å². The summed E-state index contributed by atoms with van der Waals surface area (Å²) in [7, 11) is 0. The van der Waals surface area contributed by atoms with Crippen molar-refractivity contribution in [1.82, 2.24) is 0 Å². The highest BCUT2D eigenvalue weighted by atomic mass is 79.9. The molecule has 0 fully saturated rings. The van der Waals surface area contributed by atoms with Gasteiger partial charge in [-0.1, -0.05) is 29.8 Å². The smallest absolute Gasteiger partial charge is 0.200 e. The van der Waals surface area contributed by atoms with Crippen LogP contribution in [0.5, 0.6) is 5.75 Å². The molecule has 1 rings (SSSR count). The number of hydrogen-bond acceptors (Lipinski definition) is 2. The van der Waals surface area contributed by atoms with Gasteiger partial charge in [-0.2, -0.15) is 4.39 Å². The van der Waals surface area contributed by atoms with Gasteiger partial charge >= 0.3 is 0 Å². The van der Waals surface area contributed by atoms with Crippen LogP contribution in [0.15, 0.2) is 16.6 Å². The van der Waals surface area contributed by atoms with E-state index in [0.29, 0.717) is 17.3 Å². The fourth-order valence-electron chi connectivity index (χ4n) is 1.47. The molecule has 3 N–H and O–H groups in total. The van der Waals surface area contributed by atoms with Crippen molar-refractivity contribution in [3.63, 3.8) is 0 Å². The average molecular weight is 335 g/mol. The van der Waals surface area contributed by atoms with Crippen LogP contribution in [-0.2, 0) is 0 Å². The molecule has 0 aliphatic carbocycles. The summed E-state index contributed by atoms with van der Waals surface area (Å²) in [5.41, 5.74) is 5.04. The third kappa shape index (κ3) is 4.45. The van der Waals surface area contributed by atoms with Gasteiger partial charge in [-0.25, -0.2) is 4.39 Å². The maximum atomic E-state index is 13.4. The molecule has 6 heteroatoms. The Kier molecular flexibility index (Phi) is 5.29. The minimum Gasteiger partial charge on any atom is -0.490 e. The van der Waals surface area contributed by atoms with Crippen LogP contribution in [0.3, 0.4) is 0 Å². The quantitative estimate of drug-likeness (QED) is 0.359. The molecule has 1 aromatic rings. The molecule has 0 atom stereocenters. The molecule has 106 valence electrons. The van der Waals surface area contributed by atoms with Gasteiger partial charge in [0.15, 0.2) is 11.6 Å². The van der Waals surface area contributed by atoms with Crippen LogP contribution >= 0.6 is 15.9 Å². The Morgan fingerprint density at radius 3 is 2.63 bits per heavy atom. The SMILES string of the molecule is CC(C)(CCCOc1cc(Br)cc(F)c1F)C(=N)N. The lowest BCUT2D eigenvalue weighted by atomic mass is 9.87. The lowest BCUT2D eigenvalue weighted by Crippen LogP contribution is -2.31. The molecule has 0 radical (unpaired) electrons. The van der Waals surface area contributed by atoms with Crippen molar-refractivity contribution in [3.8, 4) is 5.75 Å². The van der Waals surface area contributed by atoms with Gasteiger partial charge in [-0.15, -0.1) is 0 Å². The van der Waals surface area contributed by atoms with Gasteiger partial charge in [-0.05, 0) is 25.0 Å². The van der Waals surface area contributed by atoms with Gasteiger partial charge in [-0.3, -0.25) is 5.41 Å². The summed E-state index contributed by atoms with van der Waals surface area (Å²) in [6.45, 7) is 3.95. The molecule has 0 unspecified atom stereocenters. The van der Waals surface area contributed by atoms with Crippen LogP contribution in [-0.4, -0.2) is 12.4 Å². The molecule has 0 bridgehead atoms. The summed E-state index contributed by atoms with van der Waals surface area (Å²) >= 11 is 3.08. The number of hydrogen-bond donors (Lipinski definition) is 2. The van der Waals surface area contributed by atoms with E-state index in [0.717, 1.165) is 6.07 Å². The Morgan fingerprint density at radius 2 is 2.05 bits per heavy atom. The van der Waals surface area contributed by atoms with Crippen molar-refractivity contribution >= 4 is 21.8 Å². The maximum absolute atomic E-state index is 13.4. The molecular weight excluding hydrogens is 318 g/mol. The number of nitrogens with two attached hydrogens (primary N) is 1. The minimum atomic E-state index is -0.992. The lowest BCUT2D eigenvalue weighted by molar-refractivity contribution is 0.271. The standard InChI is InChI=1S/C13H17BrF2N2O/c1-13(2,12(17)18)4-3-5-19-10-7-8(14)6-9(15)11(10)16/h6-7H,3-5H2,1-2H3,(H3,17,18). The Hall–Kier alpha value is -1.17. The zero-order valence-corrected chi connectivity index (χ0v) is 12.5. The predicted octanol–water partition coefficient (Wildman–Crippen LogP) is 3.85. The Labute approximate surface area is 119 Å². The van der Waals surface area contributed by atoms with E-state index in [9.17, 15) is 8.78 Å². The van der Waals surface area contributed by atoms with Crippen LogP contribution in [0.2, 0.25) is 0 Å². The highest BCUT2D eigenvalue weighted by Gasteiger charge is 2.21. The van der Waals surface area contributed by atoms with Gasteiger partial charge in [0.05, 0.1) is 12.4 Å². The number of benzene rings is 1. The highest BCUT2D eigenvalue weighted by molar-refractivity contribution is 9.10. The summed E-state index contributed by atoms with van der Waals surface area (Å²) in [6, 6.07) is 2.43. The largest absolute Gasteiger partial charge is 0.490 e. The molecule has 0 aliphatic heterocycles. The Balaban J connectivity index is 2.53. The van der Waals surface area contributed by atoms with Crippen molar-refractivity contribution < 1.29 is 13.5 Å². The van der Waals surface area contributed by atoms with Crippen molar-refractivity contribution in [2.45, 2.75) is 26.7 Å². The predicted molar refractivity (Wildman–Crippen MR) is 74.5 cm³/mol. The molecule has 0 amide bonds. The molecule has 0 saturated heterocycles. The average Bonchev–Trinajstić information content (AvgIpc) is 2.30. The summed E-state index contributed by atoms with van der Waals surface area (Å²) in [5.74, 6) is -1.96. The first kappa shape index (κ1) is 15.9.